The van der Waals surface area contributed by atoms with Gasteiger partial charge in [-0.3, -0.25) is 9.59 Å². The van der Waals surface area contributed by atoms with Gasteiger partial charge in [-0.2, -0.15) is 0 Å². The number of hydrogen-bond acceptors (Lipinski definition) is 5. The van der Waals surface area contributed by atoms with Gasteiger partial charge in [0.05, 0.1) is 11.9 Å². The predicted octanol–water partition coefficient (Wildman–Crippen LogP) is 1.74. The van der Waals surface area contributed by atoms with Gasteiger partial charge in [0.15, 0.2) is 0 Å². The van der Waals surface area contributed by atoms with Crippen molar-refractivity contribution < 1.29 is 4.79 Å². The molecular weight excluding hydrogens is 330 g/mol. The van der Waals surface area contributed by atoms with E-state index in [-0.39, 0.29) is 24.4 Å². The number of carbonyl (C=O) groups excluding carboxylic acids is 1. The highest BCUT2D eigenvalue weighted by molar-refractivity contribution is 5.95. The van der Waals surface area contributed by atoms with E-state index >= 15 is 0 Å². The molecule has 1 aromatic heterocycles. The van der Waals surface area contributed by atoms with Crippen LogP contribution in [-0.2, 0) is 17.8 Å². The number of carbonyl (C=O) groups is 1. The highest BCUT2D eigenvalue weighted by Gasteiger charge is 2.23. The maximum atomic E-state index is 12.7. The second-order valence-electron chi connectivity index (χ2n) is 6.38. The molecule has 0 saturated heterocycles. The molecule has 1 aliphatic rings. The highest BCUT2D eigenvalue weighted by Crippen LogP contribution is 2.31. The number of nitrogens with two attached hydrogens (primary N) is 1. The first-order valence-electron chi connectivity index (χ1n) is 8.65. The lowest BCUT2D eigenvalue weighted by molar-refractivity contribution is -0.119. The third-order valence-corrected chi connectivity index (χ3v) is 4.75. The minimum Gasteiger partial charge on any atom is -0.398 e. The number of anilines is 2. The van der Waals surface area contributed by atoms with Gasteiger partial charge in [0.25, 0.3) is 5.56 Å². The van der Waals surface area contributed by atoms with Crippen LogP contribution in [0.3, 0.4) is 0 Å². The second kappa shape index (κ2) is 6.59. The fraction of sp³-hybridized carbons (Fsp3) is 0.263. The minimum absolute atomic E-state index is 0.0431. The molecule has 2 aromatic carbocycles. The Hall–Kier alpha value is -3.22. The smallest absolute Gasteiger partial charge is 0.277 e. The largest absolute Gasteiger partial charge is 0.398 e. The van der Waals surface area contributed by atoms with Crippen LogP contribution in [0.1, 0.15) is 18.4 Å². The van der Waals surface area contributed by atoms with Crippen molar-refractivity contribution in [3.8, 4) is 0 Å². The zero-order chi connectivity index (χ0) is 18.1. The Labute approximate surface area is 150 Å². The quantitative estimate of drug-likeness (QED) is 0.727. The third kappa shape index (κ3) is 2.81. The zero-order valence-corrected chi connectivity index (χ0v) is 14.3. The lowest BCUT2D eigenvalue weighted by Crippen LogP contribution is -2.37. The van der Waals surface area contributed by atoms with Gasteiger partial charge < -0.3 is 10.6 Å². The van der Waals surface area contributed by atoms with E-state index in [9.17, 15) is 9.59 Å². The van der Waals surface area contributed by atoms with Crippen molar-refractivity contribution in [2.75, 3.05) is 17.2 Å². The Morgan fingerprint density at radius 3 is 2.88 bits per heavy atom. The van der Waals surface area contributed by atoms with E-state index in [1.54, 1.807) is 23.1 Å². The Morgan fingerprint density at radius 2 is 2.00 bits per heavy atom. The van der Waals surface area contributed by atoms with Crippen LogP contribution >= 0.6 is 0 Å². The van der Waals surface area contributed by atoms with Gasteiger partial charge in [-0.25, -0.2) is 4.68 Å². The number of nitrogen functional groups attached to an aromatic ring is 1. The van der Waals surface area contributed by atoms with E-state index < -0.39 is 0 Å². The molecule has 0 aliphatic carbocycles. The van der Waals surface area contributed by atoms with Crippen molar-refractivity contribution >= 4 is 28.2 Å². The molecule has 0 bridgehead atoms. The van der Waals surface area contributed by atoms with Gasteiger partial charge in [-0.15, -0.1) is 5.10 Å². The molecule has 2 N–H and O–H groups in total. The van der Waals surface area contributed by atoms with Crippen LogP contribution in [0.2, 0.25) is 0 Å². The van der Waals surface area contributed by atoms with Crippen LogP contribution in [0.25, 0.3) is 10.9 Å². The average Bonchev–Trinajstić information content (AvgIpc) is 2.67. The first-order valence-corrected chi connectivity index (χ1v) is 8.65. The molecule has 0 fully saturated rings. The van der Waals surface area contributed by atoms with Crippen molar-refractivity contribution in [2.45, 2.75) is 25.8 Å². The number of fused-ring (bicyclic) bond motifs is 2. The lowest BCUT2D eigenvalue weighted by Gasteiger charge is -2.30. The van der Waals surface area contributed by atoms with E-state index in [0.29, 0.717) is 17.4 Å². The summed E-state index contributed by atoms with van der Waals surface area (Å²) in [5, 5.41) is 8.50. The van der Waals surface area contributed by atoms with Crippen LogP contribution in [0.4, 0.5) is 11.4 Å². The van der Waals surface area contributed by atoms with Gasteiger partial charge in [0.2, 0.25) is 5.91 Å². The summed E-state index contributed by atoms with van der Waals surface area (Å²) in [6.45, 7) is 0.858. The van der Waals surface area contributed by atoms with Crippen molar-refractivity contribution in [3.05, 3.63) is 58.4 Å². The van der Waals surface area contributed by atoms with Crippen molar-refractivity contribution in [1.29, 1.82) is 0 Å². The Kier molecular flexibility index (Phi) is 4.12. The van der Waals surface area contributed by atoms with Crippen LogP contribution in [0.15, 0.2) is 47.3 Å². The Bertz CT molecular complexity index is 1040. The number of rotatable bonds is 3. The zero-order valence-electron chi connectivity index (χ0n) is 14.3. The van der Waals surface area contributed by atoms with E-state index in [4.69, 9.17) is 5.73 Å². The van der Waals surface area contributed by atoms with Gasteiger partial charge in [-0.05, 0) is 42.7 Å². The number of benzene rings is 2. The standard InChI is InChI=1S/C19H19N5O2/c20-15-7-3-9-17-13(15)6-4-11-23(17)18(25)10-12-24-19(26)14-5-1-2-8-16(14)21-22-24/h1-3,5,7-9H,4,6,10-12,20H2. The van der Waals surface area contributed by atoms with Gasteiger partial charge in [0, 0.05) is 24.3 Å². The fourth-order valence-corrected chi connectivity index (χ4v) is 3.42. The van der Waals surface area contributed by atoms with Crippen molar-refractivity contribution in [3.63, 3.8) is 0 Å². The summed E-state index contributed by atoms with van der Waals surface area (Å²) >= 11 is 0. The summed E-state index contributed by atoms with van der Waals surface area (Å²) in [5.41, 5.74) is 8.98. The summed E-state index contributed by atoms with van der Waals surface area (Å²) in [6.07, 6.45) is 1.94. The normalized spacial score (nSPS) is 13.6. The summed E-state index contributed by atoms with van der Waals surface area (Å²) in [5.74, 6) is -0.0431. The molecule has 0 unspecified atom stereocenters. The third-order valence-electron chi connectivity index (χ3n) is 4.75. The van der Waals surface area contributed by atoms with Crippen LogP contribution in [-0.4, -0.2) is 27.4 Å². The molecule has 2 heterocycles. The molecule has 1 amide bonds. The topological polar surface area (TPSA) is 94.1 Å². The summed E-state index contributed by atoms with van der Waals surface area (Å²) in [6, 6.07) is 12.7. The van der Waals surface area contributed by atoms with Crippen molar-refractivity contribution in [1.82, 2.24) is 15.0 Å². The monoisotopic (exact) mass is 349 g/mol. The fourth-order valence-electron chi connectivity index (χ4n) is 3.42. The maximum Gasteiger partial charge on any atom is 0.277 e. The predicted molar refractivity (Wildman–Crippen MR) is 99.9 cm³/mol. The average molecular weight is 349 g/mol. The second-order valence-corrected chi connectivity index (χ2v) is 6.38. The molecule has 132 valence electrons. The first-order chi connectivity index (χ1) is 12.6. The SMILES string of the molecule is Nc1cccc2c1CCCN2C(=O)CCn1nnc2ccccc2c1=O. The molecule has 0 spiro atoms. The molecule has 0 saturated carbocycles. The number of aromatic nitrogens is 3. The lowest BCUT2D eigenvalue weighted by atomic mass is 9.99. The van der Waals surface area contributed by atoms with Crippen molar-refractivity contribution in [2.24, 2.45) is 0 Å². The van der Waals surface area contributed by atoms with Crippen LogP contribution in [0, 0.1) is 0 Å². The summed E-state index contributed by atoms with van der Waals surface area (Å²) < 4.78 is 1.25. The Balaban J connectivity index is 1.55. The number of nitrogens with zero attached hydrogens (tertiary/aromatic N) is 4. The molecule has 0 radical (unpaired) electrons. The maximum absolute atomic E-state index is 12.7. The van der Waals surface area contributed by atoms with Gasteiger partial charge in [-0.1, -0.05) is 23.4 Å². The van der Waals surface area contributed by atoms with E-state index in [2.05, 4.69) is 10.3 Å². The molecule has 7 heteroatoms. The molecule has 4 rings (SSSR count). The van der Waals surface area contributed by atoms with Gasteiger partial charge >= 0.3 is 0 Å². The molecule has 1 aliphatic heterocycles. The summed E-state index contributed by atoms with van der Waals surface area (Å²) in [7, 11) is 0. The van der Waals surface area contributed by atoms with Crippen LogP contribution in [0.5, 0.6) is 0 Å². The molecule has 26 heavy (non-hydrogen) atoms. The molecule has 0 atom stereocenters. The molecule has 3 aromatic rings. The summed E-state index contributed by atoms with van der Waals surface area (Å²) in [4.78, 5) is 27.0. The molecular formula is C19H19N5O2. The highest BCUT2D eigenvalue weighted by atomic mass is 16.2. The van der Waals surface area contributed by atoms with E-state index in [0.717, 1.165) is 29.8 Å². The van der Waals surface area contributed by atoms with E-state index in [1.165, 1.54) is 4.68 Å². The number of amides is 1. The minimum atomic E-state index is -0.230. The van der Waals surface area contributed by atoms with Crippen LogP contribution < -0.4 is 16.2 Å². The Morgan fingerprint density at radius 1 is 1.15 bits per heavy atom. The number of hydrogen-bond donors (Lipinski definition) is 1. The van der Waals surface area contributed by atoms with Gasteiger partial charge in [0.1, 0.15) is 5.52 Å². The molecule has 7 nitrogen and oxygen atoms in total. The number of aryl methyl sites for hydroxylation is 1. The van der Waals surface area contributed by atoms with E-state index in [1.807, 2.05) is 24.3 Å². The first kappa shape index (κ1) is 16.3.